The van der Waals surface area contributed by atoms with E-state index in [2.05, 4.69) is 23.9 Å². The number of phenols is 1. The first-order valence-corrected chi connectivity index (χ1v) is 6.43. The molecule has 2 rings (SSSR count). The van der Waals surface area contributed by atoms with Crippen LogP contribution in [0.1, 0.15) is 18.4 Å². The highest BCUT2D eigenvalue weighted by atomic mass is 19.1. The summed E-state index contributed by atoms with van der Waals surface area (Å²) < 4.78 is 13.3. The highest BCUT2D eigenvalue weighted by molar-refractivity contribution is 5.33. The van der Waals surface area contributed by atoms with E-state index in [1.165, 1.54) is 18.9 Å². The van der Waals surface area contributed by atoms with Crippen molar-refractivity contribution in [2.45, 2.75) is 25.4 Å². The Morgan fingerprint density at radius 2 is 2.22 bits per heavy atom. The maximum atomic E-state index is 13.3. The Hall–Kier alpha value is -1.13. The molecule has 0 radical (unpaired) electrons. The van der Waals surface area contributed by atoms with Crippen LogP contribution >= 0.6 is 0 Å². The number of likely N-dealkylation sites (N-methyl/N-ethyl adjacent to an activating group) is 1. The number of rotatable bonds is 4. The predicted molar refractivity (Wildman–Crippen MR) is 70.1 cm³/mol. The summed E-state index contributed by atoms with van der Waals surface area (Å²) in [6.45, 7) is 2.66. The molecule has 1 atom stereocenters. The molecule has 0 spiro atoms. The van der Waals surface area contributed by atoms with E-state index in [0.717, 1.165) is 13.1 Å². The number of hydrogen-bond acceptors (Lipinski definition) is 3. The fourth-order valence-electron chi connectivity index (χ4n) is 2.64. The third-order valence-electron chi connectivity index (χ3n) is 3.52. The zero-order chi connectivity index (χ0) is 13.1. The highest BCUT2D eigenvalue weighted by Gasteiger charge is 2.25. The molecule has 3 nitrogen and oxygen atoms in total. The number of aromatic hydroxyl groups is 1. The quantitative estimate of drug-likeness (QED) is 0.888. The number of hydrogen-bond donors (Lipinski definition) is 1. The second kappa shape index (κ2) is 5.67. The smallest absolute Gasteiger partial charge is 0.165 e. The molecule has 1 unspecified atom stereocenters. The first kappa shape index (κ1) is 13.3. The minimum Gasteiger partial charge on any atom is -0.505 e. The van der Waals surface area contributed by atoms with Gasteiger partial charge in [-0.15, -0.1) is 0 Å². The van der Waals surface area contributed by atoms with Crippen molar-refractivity contribution in [3.05, 3.63) is 29.6 Å². The molecule has 100 valence electrons. The van der Waals surface area contributed by atoms with Crippen LogP contribution in [0.3, 0.4) is 0 Å². The van der Waals surface area contributed by atoms with Gasteiger partial charge in [-0.2, -0.15) is 0 Å². The second-order valence-corrected chi connectivity index (χ2v) is 5.28. The molecule has 18 heavy (non-hydrogen) atoms. The van der Waals surface area contributed by atoms with Crippen molar-refractivity contribution in [1.29, 1.82) is 0 Å². The molecule has 1 fully saturated rings. The molecule has 1 aromatic carbocycles. The number of benzene rings is 1. The maximum absolute atomic E-state index is 13.3. The molecule has 0 aromatic heterocycles. The van der Waals surface area contributed by atoms with E-state index in [4.69, 9.17) is 0 Å². The fourth-order valence-corrected chi connectivity index (χ4v) is 2.64. The summed E-state index contributed by atoms with van der Waals surface area (Å²) in [4.78, 5) is 4.50. The summed E-state index contributed by atoms with van der Waals surface area (Å²) in [5.41, 5.74) is 0.681. The predicted octanol–water partition coefficient (Wildman–Crippen LogP) is 2.06. The van der Waals surface area contributed by atoms with Gasteiger partial charge >= 0.3 is 0 Å². The summed E-state index contributed by atoms with van der Waals surface area (Å²) in [6, 6.07) is 5.24. The van der Waals surface area contributed by atoms with Crippen LogP contribution in [0, 0.1) is 5.82 Å². The van der Waals surface area contributed by atoms with Crippen molar-refractivity contribution in [3.8, 4) is 5.75 Å². The van der Waals surface area contributed by atoms with Crippen molar-refractivity contribution < 1.29 is 9.50 Å². The van der Waals surface area contributed by atoms with Crippen LogP contribution in [0.4, 0.5) is 4.39 Å². The molecule has 1 saturated heterocycles. The average molecular weight is 252 g/mol. The van der Waals surface area contributed by atoms with Gasteiger partial charge in [-0.25, -0.2) is 4.39 Å². The summed E-state index contributed by atoms with van der Waals surface area (Å²) in [5, 5.41) is 9.71. The van der Waals surface area contributed by atoms with Gasteiger partial charge < -0.3 is 10.0 Å². The SMILES string of the molecule is CN(C)CC1CCCN1Cc1cccc(F)c1O. The molecule has 1 aliphatic rings. The van der Waals surface area contributed by atoms with Gasteiger partial charge in [-0.3, -0.25) is 4.90 Å². The van der Waals surface area contributed by atoms with E-state index < -0.39 is 5.82 Å². The van der Waals surface area contributed by atoms with Crippen LogP contribution in [-0.2, 0) is 6.54 Å². The number of halogens is 1. The molecule has 1 N–H and O–H groups in total. The molecule has 0 aliphatic carbocycles. The third-order valence-corrected chi connectivity index (χ3v) is 3.52. The summed E-state index contributed by atoms with van der Waals surface area (Å²) in [5.74, 6) is -0.733. The molecule has 1 aromatic rings. The van der Waals surface area contributed by atoms with E-state index in [1.54, 1.807) is 12.1 Å². The van der Waals surface area contributed by atoms with Crippen molar-refractivity contribution in [2.75, 3.05) is 27.2 Å². The van der Waals surface area contributed by atoms with E-state index >= 15 is 0 Å². The lowest BCUT2D eigenvalue weighted by atomic mass is 10.1. The Morgan fingerprint density at radius 3 is 2.94 bits per heavy atom. The van der Waals surface area contributed by atoms with Gasteiger partial charge in [0.05, 0.1) is 0 Å². The Balaban J connectivity index is 2.06. The standard InChI is InChI=1S/C14H21FN2O/c1-16(2)10-12-6-4-8-17(12)9-11-5-3-7-13(15)14(11)18/h3,5,7,12,18H,4,6,8-10H2,1-2H3. The van der Waals surface area contributed by atoms with Gasteiger partial charge in [0.15, 0.2) is 11.6 Å². The van der Waals surface area contributed by atoms with Crippen molar-refractivity contribution in [3.63, 3.8) is 0 Å². The van der Waals surface area contributed by atoms with Crippen LogP contribution in [0.2, 0.25) is 0 Å². The minimum absolute atomic E-state index is 0.201. The fraction of sp³-hybridized carbons (Fsp3) is 0.571. The van der Waals surface area contributed by atoms with Crippen LogP contribution in [-0.4, -0.2) is 48.1 Å². The number of likely N-dealkylation sites (tertiary alicyclic amines) is 1. The summed E-state index contributed by atoms with van der Waals surface area (Å²) in [6.07, 6.45) is 2.35. The van der Waals surface area contributed by atoms with Gasteiger partial charge in [0, 0.05) is 24.7 Å². The van der Waals surface area contributed by atoms with E-state index in [1.807, 2.05) is 0 Å². The van der Waals surface area contributed by atoms with Crippen LogP contribution < -0.4 is 0 Å². The molecule has 1 aliphatic heterocycles. The second-order valence-electron chi connectivity index (χ2n) is 5.28. The number of phenolic OH excluding ortho intramolecular Hbond substituents is 1. The lowest BCUT2D eigenvalue weighted by Crippen LogP contribution is -2.37. The van der Waals surface area contributed by atoms with Crippen molar-refractivity contribution >= 4 is 0 Å². The Morgan fingerprint density at radius 1 is 1.44 bits per heavy atom. The first-order valence-electron chi connectivity index (χ1n) is 6.43. The number of para-hydroxylation sites is 1. The van der Waals surface area contributed by atoms with Gasteiger partial charge in [0.1, 0.15) is 0 Å². The largest absolute Gasteiger partial charge is 0.505 e. The summed E-state index contributed by atoms with van der Waals surface area (Å²) in [7, 11) is 4.13. The zero-order valence-corrected chi connectivity index (χ0v) is 11.1. The van der Waals surface area contributed by atoms with E-state index in [9.17, 15) is 9.50 Å². The lowest BCUT2D eigenvalue weighted by Gasteiger charge is -2.27. The zero-order valence-electron chi connectivity index (χ0n) is 11.1. The normalized spacial score (nSPS) is 20.8. The number of nitrogens with zero attached hydrogens (tertiary/aromatic N) is 2. The minimum atomic E-state index is -0.532. The molecule has 4 heteroatoms. The Labute approximate surface area is 108 Å². The van der Waals surface area contributed by atoms with Crippen LogP contribution in [0.5, 0.6) is 5.75 Å². The van der Waals surface area contributed by atoms with Crippen molar-refractivity contribution in [2.24, 2.45) is 0 Å². The van der Waals surface area contributed by atoms with Crippen molar-refractivity contribution in [1.82, 2.24) is 9.80 Å². The maximum Gasteiger partial charge on any atom is 0.165 e. The Bertz CT molecular complexity index is 409. The van der Waals surface area contributed by atoms with Crippen LogP contribution in [0.15, 0.2) is 18.2 Å². The molecule has 0 amide bonds. The highest BCUT2D eigenvalue weighted by Crippen LogP contribution is 2.26. The molecular formula is C14H21FN2O. The lowest BCUT2D eigenvalue weighted by molar-refractivity contribution is 0.199. The van der Waals surface area contributed by atoms with Gasteiger partial charge in [0.25, 0.3) is 0 Å². The summed E-state index contributed by atoms with van der Waals surface area (Å²) >= 11 is 0. The van der Waals surface area contributed by atoms with Gasteiger partial charge in [-0.1, -0.05) is 12.1 Å². The van der Waals surface area contributed by atoms with Gasteiger partial charge in [0.2, 0.25) is 0 Å². The van der Waals surface area contributed by atoms with Crippen LogP contribution in [0.25, 0.3) is 0 Å². The topological polar surface area (TPSA) is 26.7 Å². The molecule has 0 saturated carbocycles. The molecule has 1 heterocycles. The average Bonchev–Trinajstić information content (AvgIpc) is 2.72. The monoisotopic (exact) mass is 252 g/mol. The molecular weight excluding hydrogens is 231 g/mol. The third kappa shape index (κ3) is 3.00. The molecule has 0 bridgehead atoms. The van der Waals surface area contributed by atoms with E-state index in [0.29, 0.717) is 18.2 Å². The first-order chi connectivity index (χ1) is 8.58. The van der Waals surface area contributed by atoms with Gasteiger partial charge in [-0.05, 0) is 39.5 Å². The Kier molecular flexibility index (Phi) is 4.19. The van der Waals surface area contributed by atoms with E-state index in [-0.39, 0.29) is 5.75 Å².